The molecule has 1 saturated heterocycles. The number of ether oxygens (including phenoxy) is 3. The number of hydrogen-bond donors (Lipinski definition) is 3. The van der Waals surface area contributed by atoms with Crippen LogP contribution in [-0.2, 0) is 23.8 Å². The SMILES string of the molecule is COCC(NC(=O)OCC1c2ccccc2-c2ccccc21)C(=O)NC[C@H]1CCO[C@H]1C(=O)O. The molecular formula is C25H28N2O7. The molecule has 0 radical (unpaired) electrons. The summed E-state index contributed by atoms with van der Waals surface area (Å²) in [5.74, 6) is -1.96. The second-order valence-corrected chi connectivity index (χ2v) is 8.40. The zero-order chi connectivity index (χ0) is 24.1. The predicted octanol–water partition coefficient (Wildman–Crippen LogP) is 2.15. The molecule has 0 aromatic heterocycles. The van der Waals surface area contributed by atoms with Gasteiger partial charge in [-0.05, 0) is 28.7 Å². The highest BCUT2D eigenvalue weighted by Gasteiger charge is 2.35. The average Bonchev–Trinajstić information content (AvgIpc) is 3.44. The van der Waals surface area contributed by atoms with Crippen LogP contribution >= 0.6 is 0 Å². The summed E-state index contributed by atoms with van der Waals surface area (Å²) >= 11 is 0. The van der Waals surface area contributed by atoms with Crippen molar-refractivity contribution in [2.45, 2.75) is 24.5 Å². The van der Waals surface area contributed by atoms with Crippen LogP contribution in [0.15, 0.2) is 48.5 Å². The van der Waals surface area contributed by atoms with Gasteiger partial charge in [0.15, 0.2) is 6.10 Å². The molecule has 2 amide bonds. The molecule has 1 aliphatic heterocycles. The smallest absolute Gasteiger partial charge is 0.407 e. The van der Waals surface area contributed by atoms with Crippen molar-refractivity contribution in [3.05, 3.63) is 59.7 Å². The minimum Gasteiger partial charge on any atom is -0.479 e. The maximum Gasteiger partial charge on any atom is 0.407 e. The highest BCUT2D eigenvalue weighted by atomic mass is 16.5. The average molecular weight is 469 g/mol. The van der Waals surface area contributed by atoms with Gasteiger partial charge in [0.1, 0.15) is 12.6 Å². The van der Waals surface area contributed by atoms with Gasteiger partial charge in [-0.25, -0.2) is 9.59 Å². The van der Waals surface area contributed by atoms with Gasteiger partial charge >= 0.3 is 12.1 Å². The third-order valence-electron chi connectivity index (χ3n) is 6.28. The van der Waals surface area contributed by atoms with Crippen LogP contribution in [0.1, 0.15) is 23.5 Å². The number of carbonyl (C=O) groups excluding carboxylic acids is 2. The summed E-state index contributed by atoms with van der Waals surface area (Å²) in [7, 11) is 1.42. The van der Waals surface area contributed by atoms with Gasteiger partial charge in [-0.3, -0.25) is 4.79 Å². The van der Waals surface area contributed by atoms with Crippen LogP contribution in [0.25, 0.3) is 11.1 Å². The lowest BCUT2D eigenvalue weighted by atomic mass is 9.98. The van der Waals surface area contributed by atoms with Crippen molar-refractivity contribution in [1.29, 1.82) is 0 Å². The van der Waals surface area contributed by atoms with E-state index < -0.39 is 30.1 Å². The Morgan fingerprint density at radius 1 is 1.09 bits per heavy atom. The molecule has 1 aliphatic carbocycles. The molecule has 180 valence electrons. The van der Waals surface area contributed by atoms with Crippen molar-refractivity contribution in [3.8, 4) is 11.1 Å². The first-order chi connectivity index (χ1) is 16.5. The van der Waals surface area contributed by atoms with Crippen molar-refractivity contribution in [2.24, 2.45) is 5.92 Å². The zero-order valence-electron chi connectivity index (χ0n) is 18.9. The number of alkyl carbamates (subject to hydrolysis) is 1. The van der Waals surface area contributed by atoms with Crippen molar-refractivity contribution in [1.82, 2.24) is 10.6 Å². The molecule has 4 rings (SSSR count). The Kier molecular flexibility index (Phi) is 7.44. The quantitative estimate of drug-likeness (QED) is 0.515. The van der Waals surface area contributed by atoms with Crippen molar-refractivity contribution >= 4 is 18.0 Å². The fraction of sp³-hybridized carbons (Fsp3) is 0.400. The summed E-state index contributed by atoms with van der Waals surface area (Å²) in [6, 6.07) is 15.1. The summed E-state index contributed by atoms with van der Waals surface area (Å²) in [5, 5.41) is 14.4. The number of carbonyl (C=O) groups is 3. The van der Waals surface area contributed by atoms with Crippen molar-refractivity contribution in [2.75, 3.05) is 33.5 Å². The highest BCUT2D eigenvalue weighted by molar-refractivity contribution is 5.86. The fourth-order valence-corrected chi connectivity index (χ4v) is 4.60. The summed E-state index contributed by atoms with van der Waals surface area (Å²) in [6.07, 6.45) is -1.14. The van der Waals surface area contributed by atoms with Gasteiger partial charge < -0.3 is 30.0 Å². The number of rotatable bonds is 9. The molecule has 0 spiro atoms. The maximum absolute atomic E-state index is 12.6. The molecule has 2 aromatic rings. The minimum atomic E-state index is -1.05. The molecule has 2 aromatic carbocycles. The van der Waals surface area contributed by atoms with E-state index in [2.05, 4.69) is 22.8 Å². The minimum absolute atomic E-state index is 0.0560. The number of benzene rings is 2. The van der Waals surface area contributed by atoms with E-state index in [-0.39, 0.29) is 31.6 Å². The Morgan fingerprint density at radius 2 is 1.74 bits per heavy atom. The van der Waals surface area contributed by atoms with E-state index >= 15 is 0 Å². The number of amides is 2. The summed E-state index contributed by atoms with van der Waals surface area (Å²) in [6.45, 7) is 0.528. The second-order valence-electron chi connectivity index (χ2n) is 8.40. The molecular weight excluding hydrogens is 440 g/mol. The summed E-state index contributed by atoms with van der Waals surface area (Å²) in [4.78, 5) is 36.4. The molecule has 1 fully saturated rings. The molecule has 9 nitrogen and oxygen atoms in total. The van der Waals surface area contributed by atoms with Crippen LogP contribution < -0.4 is 10.6 Å². The molecule has 3 N–H and O–H groups in total. The second kappa shape index (κ2) is 10.7. The Morgan fingerprint density at radius 3 is 2.35 bits per heavy atom. The van der Waals surface area contributed by atoms with Crippen LogP contribution in [0.4, 0.5) is 4.79 Å². The van der Waals surface area contributed by atoms with Crippen LogP contribution in [0.5, 0.6) is 0 Å². The number of carboxylic acids is 1. The maximum atomic E-state index is 12.6. The van der Waals surface area contributed by atoms with E-state index in [4.69, 9.17) is 14.2 Å². The zero-order valence-corrected chi connectivity index (χ0v) is 18.9. The molecule has 1 unspecified atom stereocenters. The normalized spacial score (nSPS) is 19.7. The van der Waals surface area contributed by atoms with E-state index in [1.807, 2.05) is 36.4 Å². The monoisotopic (exact) mass is 468 g/mol. The predicted molar refractivity (Wildman–Crippen MR) is 122 cm³/mol. The molecule has 2 aliphatic rings. The first-order valence-electron chi connectivity index (χ1n) is 11.2. The van der Waals surface area contributed by atoms with E-state index in [1.54, 1.807) is 0 Å². The van der Waals surface area contributed by atoms with Gasteiger partial charge in [0.2, 0.25) is 5.91 Å². The Hall–Kier alpha value is -3.43. The van der Waals surface area contributed by atoms with Gasteiger partial charge in [0.05, 0.1) is 6.61 Å². The Labute approximate surface area is 197 Å². The van der Waals surface area contributed by atoms with Crippen LogP contribution in [0.2, 0.25) is 0 Å². The third-order valence-corrected chi connectivity index (χ3v) is 6.28. The van der Waals surface area contributed by atoms with Crippen molar-refractivity contribution < 1.29 is 33.7 Å². The lowest BCUT2D eigenvalue weighted by molar-refractivity contribution is -0.149. The van der Waals surface area contributed by atoms with Crippen molar-refractivity contribution in [3.63, 3.8) is 0 Å². The first-order valence-corrected chi connectivity index (χ1v) is 11.2. The molecule has 3 atom stereocenters. The van der Waals surface area contributed by atoms with Gasteiger partial charge in [0, 0.05) is 32.1 Å². The number of aliphatic carboxylic acids is 1. The Bertz CT molecular complexity index is 1010. The van der Waals surface area contributed by atoms with E-state index in [9.17, 15) is 19.5 Å². The number of methoxy groups -OCH3 is 1. The third kappa shape index (κ3) is 5.05. The largest absolute Gasteiger partial charge is 0.479 e. The first kappa shape index (κ1) is 23.7. The standard InChI is InChI=1S/C25H28N2O7/c1-32-14-21(23(28)26-12-15-10-11-33-22(15)24(29)30)27-25(31)34-13-20-18-8-4-2-6-16(18)17-7-3-5-9-19(17)20/h2-9,15,20-22H,10-14H2,1H3,(H,26,28)(H,27,31)(H,29,30)/t15-,21?,22-/m1/s1. The van der Waals surface area contributed by atoms with Gasteiger partial charge in [-0.1, -0.05) is 48.5 Å². The van der Waals surface area contributed by atoms with Gasteiger partial charge in [-0.2, -0.15) is 0 Å². The molecule has 0 saturated carbocycles. The van der Waals surface area contributed by atoms with Crippen LogP contribution in [0, 0.1) is 5.92 Å². The van der Waals surface area contributed by atoms with E-state index in [0.717, 1.165) is 22.3 Å². The molecule has 34 heavy (non-hydrogen) atoms. The number of carboxylic acid groups (broad SMARTS) is 1. The number of fused-ring (bicyclic) bond motifs is 3. The highest BCUT2D eigenvalue weighted by Crippen LogP contribution is 2.44. The lowest BCUT2D eigenvalue weighted by Gasteiger charge is -2.21. The number of nitrogens with one attached hydrogen (secondary N) is 2. The van der Waals surface area contributed by atoms with Gasteiger partial charge in [0.25, 0.3) is 0 Å². The van der Waals surface area contributed by atoms with Gasteiger partial charge in [-0.15, -0.1) is 0 Å². The summed E-state index contributed by atoms with van der Waals surface area (Å²) < 4.78 is 15.8. The van der Waals surface area contributed by atoms with E-state index in [1.165, 1.54) is 7.11 Å². The lowest BCUT2D eigenvalue weighted by Crippen LogP contribution is -2.51. The molecule has 1 heterocycles. The summed E-state index contributed by atoms with van der Waals surface area (Å²) in [5.41, 5.74) is 4.43. The topological polar surface area (TPSA) is 123 Å². The van der Waals surface area contributed by atoms with Crippen LogP contribution in [0.3, 0.4) is 0 Å². The van der Waals surface area contributed by atoms with E-state index in [0.29, 0.717) is 13.0 Å². The fourth-order valence-electron chi connectivity index (χ4n) is 4.60. The van der Waals surface area contributed by atoms with Crippen LogP contribution in [-0.4, -0.2) is 68.7 Å². The Balaban J connectivity index is 1.33. The molecule has 9 heteroatoms. The molecule has 0 bridgehead atoms. The number of hydrogen-bond acceptors (Lipinski definition) is 6.